The van der Waals surface area contributed by atoms with Gasteiger partial charge in [0.25, 0.3) is 0 Å². The molecule has 12 heavy (non-hydrogen) atoms. The van der Waals surface area contributed by atoms with E-state index in [1.807, 2.05) is 0 Å². The fourth-order valence-electron chi connectivity index (χ4n) is 1.56. The van der Waals surface area contributed by atoms with E-state index in [2.05, 4.69) is 5.32 Å². The number of amides is 1. The number of fused-ring (bicyclic) bond motifs is 1. The van der Waals surface area contributed by atoms with Gasteiger partial charge in [0, 0.05) is 6.42 Å². The third kappa shape index (κ3) is 1.26. The van der Waals surface area contributed by atoms with Gasteiger partial charge in [-0.2, -0.15) is 0 Å². The van der Waals surface area contributed by atoms with E-state index >= 15 is 0 Å². The third-order valence-corrected chi connectivity index (χ3v) is 3.88. The molecule has 0 bridgehead atoms. The van der Waals surface area contributed by atoms with Gasteiger partial charge in [0.2, 0.25) is 0 Å². The van der Waals surface area contributed by atoms with Crippen molar-refractivity contribution in [2.75, 3.05) is 11.5 Å². The molecule has 2 rings (SSSR count). The number of rotatable bonds is 0. The van der Waals surface area contributed by atoms with Crippen molar-refractivity contribution < 1.29 is 17.9 Å². The van der Waals surface area contributed by atoms with Crippen molar-refractivity contribution in [3.05, 3.63) is 0 Å². The Bertz CT molecular complexity index is 310. The molecule has 2 aliphatic heterocycles. The average Bonchev–Trinajstić information content (AvgIpc) is 2.26. The van der Waals surface area contributed by atoms with E-state index in [1.54, 1.807) is 0 Å². The number of carbonyl (C=O) groups is 1. The molecule has 1 N–H and O–H groups in total. The van der Waals surface area contributed by atoms with Crippen LogP contribution in [0.1, 0.15) is 6.42 Å². The van der Waals surface area contributed by atoms with Crippen LogP contribution in [0.15, 0.2) is 0 Å². The minimum absolute atomic E-state index is 0.0173. The van der Waals surface area contributed by atoms with E-state index in [0.29, 0.717) is 6.42 Å². The molecule has 68 valence electrons. The van der Waals surface area contributed by atoms with Gasteiger partial charge in [-0.25, -0.2) is 13.2 Å². The summed E-state index contributed by atoms with van der Waals surface area (Å²) >= 11 is 0. The molecule has 2 fully saturated rings. The summed E-state index contributed by atoms with van der Waals surface area (Å²) in [5.74, 6) is 0.145. The Labute approximate surface area is 70.0 Å². The number of carbonyl (C=O) groups excluding carboxylic acids is 1. The first kappa shape index (κ1) is 7.85. The summed E-state index contributed by atoms with van der Waals surface area (Å²) in [5, 5.41) is 2.47. The highest BCUT2D eigenvalue weighted by Crippen LogP contribution is 2.20. The summed E-state index contributed by atoms with van der Waals surface area (Å²) < 4.78 is 27.0. The van der Waals surface area contributed by atoms with E-state index in [0.717, 1.165) is 0 Å². The van der Waals surface area contributed by atoms with Crippen LogP contribution in [0.5, 0.6) is 0 Å². The third-order valence-electron chi connectivity index (χ3n) is 2.16. The lowest BCUT2D eigenvalue weighted by atomic mass is 10.1. The van der Waals surface area contributed by atoms with Crippen LogP contribution in [-0.4, -0.2) is 38.2 Å². The van der Waals surface area contributed by atoms with Crippen LogP contribution in [0.2, 0.25) is 0 Å². The molecule has 0 aromatic rings. The summed E-state index contributed by atoms with van der Waals surface area (Å²) in [6.45, 7) is 0. The molecule has 2 aliphatic rings. The number of hydrogen-bond donors (Lipinski definition) is 1. The zero-order valence-corrected chi connectivity index (χ0v) is 7.13. The Balaban J connectivity index is 2.17. The first-order chi connectivity index (χ1) is 5.57. The monoisotopic (exact) mass is 191 g/mol. The molecule has 2 unspecified atom stereocenters. The number of nitrogens with one attached hydrogen (secondary N) is 1. The predicted octanol–water partition coefficient (Wildman–Crippen LogP) is -0.718. The molecule has 0 spiro atoms. The fraction of sp³-hybridized carbons (Fsp3) is 0.833. The largest absolute Gasteiger partial charge is 0.444 e. The van der Waals surface area contributed by atoms with Crippen LogP contribution in [0, 0.1) is 0 Å². The van der Waals surface area contributed by atoms with Gasteiger partial charge in [0.1, 0.15) is 6.10 Å². The highest BCUT2D eigenvalue weighted by Gasteiger charge is 2.41. The SMILES string of the molecule is O=C1NC2CS(=O)(=O)CCC2O1. The van der Waals surface area contributed by atoms with Gasteiger partial charge in [0.05, 0.1) is 17.5 Å². The second-order valence-corrected chi connectivity index (χ2v) is 5.33. The average molecular weight is 191 g/mol. The van der Waals surface area contributed by atoms with Gasteiger partial charge in [-0.3, -0.25) is 0 Å². The lowest BCUT2D eigenvalue weighted by Gasteiger charge is -2.21. The second-order valence-electron chi connectivity index (χ2n) is 3.10. The van der Waals surface area contributed by atoms with Crippen molar-refractivity contribution in [2.45, 2.75) is 18.6 Å². The van der Waals surface area contributed by atoms with E-state index < -0.39 is 15.9 Å². The van der Waals surface area contributed by atoms with Crippen molar-refractivity contribution in [3.8, 4) is 0 Å². The molecule has 5 nitrogen and oxygen atoms in total. The highest BCUT2D eigenvalue weighted by atomic mass is 32.2. The number of ether oxygens (including phenoxy) is 1. The van der Waals surface area contributed by atoms with Crippen LogP contribution < -0.4 is 5.32 Å². The first-order valence-corrected chi connectivity index (χ1v) is 5.56. The predicted molar refractivity (Wildman–Crippen MR) is 40.5 cm³/mol. The quantitative estimate of drug-likeness (QED) is 0.548. The lowest BCUT2D eigenvalue weighted by Crippen LogP contribution is -2.43. The summed E-state index contributed by atoms with van der Waals surface area (Å²) in [7, 11) is -2.96. The molecule has 1 amide bonds. The Morgan fingerprint density at radius 1 is 1.50 bits per heavy atom. The van der Waals surface area contributed by atoms with Crippen LogP contribution in [0.3, 0.4) is 0 Å². The Morgan fingerprint density at radius 3 is 3.00 bits per heavy atom. The highest BCUT2D eigenvalue weighted by molar-refractivity contribution is 7.91. The van der Waals surface area contributed by atoms with Crippen LogP contribution in [0.4, 0.5) is 4.79 Å². The second kappa shape index (κ2) is 2.35. The van der Waals surface area contributed by atoms with Crippen molar-refractivity contribution in [2.24, 2.45) is 0 Å². The topological polar surface area (TPSA) is 72.5 Å². The van der Waals surface area contributed by atoms with Gasteiger partial charge >= 0.3 is 6.09 Å². The van der Waals surface area contributed by atoms with E-state index in [9.17, 15) is 13.2 Å². The molecule has 2 atom stereocenters. The Morgan fingerprint density at radius 2 is 2.25 bits per heavy atom. The van der Waals surface area contributed by atoms with Crippen molar-refractivity contribution in [1.82, 2.24) is 5.32 Å². The minimum Gasteiger partial charge on any atom is -0.444 e. The van der Waals surface area contributed by atoms with E-state index in [-0.39, 0.29) is 23.7 Å². The van der Waals surface area contributed by atoms with Gasteiger partial charge < -0.3 is 10.1 Å². The maximum absolute atomic E-state index is 11.1. The van der Waals surface area contributed by atoms with Crippen LogP contribution >= 0.6 is 0 Å². The zero-order chi connectivity index (χ0) is 8.77. The summed E-state index contributed by atoms with van der Waals surface area (Å²) in [6.07, 6.45) is -0.311. The Hall–Kier alpha value is -0.780. The molecule has 0 radical (unpaired) electrons. The molecular formula is C6H9NO4S. The molecule has 2 saturated heterocycles. The Kier molecular flexibility index (Phi) is 1.54. The number of sulfone groups is 1. The summed E-state index contributed by atoms with van der Waals surface area (Å²) in [4.78, 5) is 10.7. The minimum atomic E-state index is -2.96. The smallest absolute Gasteiger partial charge is 0.407 e. The van der Waals surface area contributed by atoms with Crippen molar-refractivity contribution in [1.29, 1.82) is 0 Å². The van der Waals surface area contributed by atoms with E-state index in [1.165, 1.54) is 0 Å². The van der Waals surface area contributed by atoms with Crippen molar-refractivity contribution >= 4 is 15.9 Å². The van der Waals surface area contributed by atoms with Crippen LogP contribution in [-0.2, 0) is 14.6 Å². The normalized spacial score (nSPS) is 38.2. The summed E-state index contributed by atoms with van der Waals surface area (Å²) in [5.41, 5.74) is 0. The molecule has 2 heterocycles. The molecule has 6 heteroatoms. The molecule has 0 aromatic heterocycles. The zero-order valence-electron chi connectivity index (χ0n) is 6.32. The molecule has 0 aromatic carbocycles. The molecule has 0 aliphatic carbocycles. The number of alkyl carbamates (subject to hydrolysis) is 1. The standard InChI is InChI=1S/C6H9NO4S/c8-6-7-4-3-12(9,10)2-1-5(4)11-6/h4-5H,1-3H2,(H,7,8). The lowest BCUT2D eigenvalue weighted by molar-refractivity contribution is 0.130. The van der Waals surface area contributed by atoms with E-state index in [4.69, 9.17) is 4.74 Å². The van der Waals surface area contributed by atoms with Gasteiger partial charge in [-0.15, -0.1) is 0 Å². The van der Waals surface area contributed by atoms with Gasteiger partial charge in [-0.1, -0.05) is 0 Å². The van der Waals surface area contributed by atoms with Crippen molar-refractivity contribution in [3.63, 3.8) is 0 Å². The van der Waals surface area contributed by atoms with Gasteiger partial charge in [-0.05, 0) is 0 Å². The van der Waals surface area contributed by atoms with Crippen LogP contribution in [0.25, 0.3) is 0 Å². The van der Waals surface area contributed by atoms with Gasteiger partial charge in [0.15, 0.2) is 9.84 Å². The summed E-state index contributed by atoms with van der Waals surface area (Å²) in [6, 6.07) is -0.323. The molecular weight excluding hydrogens is 182 g/mol. The first-order valence-electron chi connectivity index (χ1n) is 3.74. The maximum Gasteiger partial charge on any atom is 0.407 e. The maximum atomic E-state index is 11.1. The number of hydrogen-bond acceptors (Lipinski definition) is 4. The fourth-order valence-corrected chi connectivity index (χ4v) is 3.16. The molecule has 0 saturated carbocycles.